The lowest BCUT2D eigenvalue weighted by atomic mass is 10.1. The summed E-state index contributed by atoms with van der Waals surface area (Å²) in [5.74, 6) is 1.19. The minimum Gasteiger partial charge on any atom is -0.342 e. The average molecular weight is 427 g/mol. The van der Waals surface area contributed by atoms with E-state index in [4.69, 9.17) is 11.6 Å². The highest BCUT2D eigenvalue weighted by molar-refractivity contribution is 7.99. The molecule has 1 aliphatic rings. The van der Waals surface area contributed by atoms with Crippen molar-refractivity contribution >= 4 is 29.3 Å². The number of nitrogens with zero attached hydrogens (tertiary/aromatic N) is 4. The van der Waals surface area contributed by atoms with Gasteiger partial charge in [-0.3, -0.25) is 9.36 Å². The lowest BCUT2D eigenvalue weighted by Gasteiger charge is -2.26. The molecule has 0 saturated carbocycles. The van der Waals surface area contributed by atoms with Crippen molar-refractivity contribution in [2.45, 2.75) is 31.3 Å². The van der Waals surface area contributed by atoms with Crippen LogP contribution in [0.3, 0.4) is 0 Å². The van der Waals surface area contributed by atoms with Gasteiger partial charge in [-0.05, 0) is 56.0 Å². The second-order valence-electron chi connectivity index (χ2n) is 7.19. The van der Waals surface area contributed by atoms with Crippen LogP contribution in [0, 0.1) is 6.92 Å². The van der Waals surface area contributed by atoms with Gasteiger partial charge >= 0.3 is 0 Å². The Morgan fingerprint density at radius 2 is 1.83 bits per heavy atom. The Hall–Kier alpha value is -2.31. The zero-order valence-electron chi connectivity index (χ0n) is 16.3. The van der Waals surface area contributed by atoms with E-state index in [2.05, 4.69) is 10.2 Å². The van der Waals surface area contributed by atoms with E-state index in [-0.39, 0.29) is 5.91 Å². The molecule has 0 N–H and O–H groups in total. The normalized spacial score (nSPS) is 14.2. The van der Waals surface area contributed by atoms with E-state index in [1.54, 1.807) is 0 Å². The second-order valence-corrected chi connectivity index (χ2v) is 8.54. The zero-order valence-corrected chi connectivity index (χ0v) is 17.9. The summed E-state index contributed by atoms with van der Waals surface area (Å²) in [4.78, 5) is 14.6. The van der Waals surface area contributed by atoms with Crippen LogP contribution in [0.15, 0.2) is 53.7 Å². The van der Waals surface area contributed by atoms with Crippen LogP contribution in [0.4, 0.5) is 0 Å². The average Bonchev–Trinajstić information content (AvgIpc) is 3.17. The van der Waals surface area contributed by atoms with E-state index in [1.165, 1.54) is 18.2 Å². The number of amides is 1. The number of aryl methyl sites for hydroxylation is 1. The molecule has 1 aliphatic heterocycles. The van der Waals surface area contributed by atoms with Crippen LogP contribution in [0.2, 0.25) is 5.02 Å². The number of rotatable bonds is 5. The molecular formula is C22H23ClN4OS. The fraction of sp³-hybridized carbons (Fsp3) is 0.318. The van der Waals surface area contributed by atoms with Gasteiger partial charge in [-0.2, -0.15) is 0 Å². The van der Waals surface area contributed by atoms with Gasteiger partial charge in [-0.25, -0.2) is 0 Å². The largest absolute Gasteiger partial charge is 0.342 e. The summed E-state index contributed by atoms with van der Waals surface area (Å²) in [5, 5.41) is 10.1. The summed E-state index contributed by atoms with van der Waals surface area (Å²) >= 11 is 7.94. The van der Waals surface area contributed by atoms with Crippen molar-refractivity contribution < 1.29 is 4.79 Å². The smallest absolute Gasteiger partial charge is 0.233 e. The van der Waals surface area contributed by atoms with Crippen molar-refractivity contribution in [1.82, 2.24) is 19.7 Å². The number of hydrogen-bond donors (Lipinski definition) is 0. The fourth-order valence-corrected chi connectivity index (χ4v) is 4.68. The van der Waals surface area contributed by atoms with E-state index in [0.29, 0.717) is 21.8 Å². The van der Waals surface area contributed by atoms with Gasteiger partial charge in [0.25, 0.3) is 0 Å². The van der Waals surface area contributed by atoms with Gasteiger partial charge in [0.15, 0.2) is 11.0 Å². The Kier molecular flexibility index (Phi) is 6.21. The van der Waals surface area contributed by atoms with Crippen molar-refractivity contribution in [2.75, 3.05) is 18.8 Å². The van der Waals surface area contributed by atoms with Crippen molar-refractivity contribution in [3.63, 3.8) is 0 Å². The first-order valence-corrected chi connectivity index (χ1v) is 11.2. The zero-order chi connectivity index (χ0) is 20.2. The molecule has 1 saturated heterocycles. The number of aromatic nitrogens is 3. The maximum absolute atomic E-state index is 12.6. The molecule has 0 aliphatic carbocycles. The maximum atomic E-state index is 12.6. The molecule has 4 rings (SSSR count). The van der Waals surface area contributed by atoms with Gasteiger partial charge in [0, 0.05) is 24.3 Å². The predicted molar refractivity (Wildman–Crippen MR) is 118 cm³/mol. The maximum Gasteiger partial charge on any atom is 0.233 e. The molecule has 29 heavy (non-hydrogen) atoms. The second kappa shape index (κ2) is 9.01. The summed E-state index contributed by atoms with van der Waals surface area (Å²) in [6.07, 6.45) is 3.39. The van der Waals surface area contributed by atoms with E-state index in [0.717, 1.165) is 42.7 Å². The van der Waals surface area contributed by atoms with Gasteiger partial charge in [0.05, 0.1) is 10.8 Å². The van der Waals surface area contributed by atoms with Crippen LogP contribution < -0.4 is 0 Å². The van der Waals surface area contributed by atoms with Gasteiger partial charge in [-0.1, -0.05) is 47.6 Å². The molecule has 1 amide bonds. The SMILES string of the molecule is Cc1ccc(-c2nnc(SCC(=O)N3CCCCC3)n2-c2ccccc2)c(Cl)c1. The molecule has 1 aromatic heterocycles. The standard InChI is InChI=1S/C22H23ClN4OS/c1-16-10-11-18(19(23)14-16)21-24-25-22(27(21)17-8-4-2-5-9-17)29-15-20(28)26-12-6-3-7-13-26/h2,4-5,8-11,14H,3,6-7,12-13,15H2,1H3. The topological polar surface area (TPSA) is 51.0 Å². The number of piperidine rings is 1. The number of thioether (sulfide) groups is 1. The summed E-state index contributed by atoms with van der Waals surface area (Å²) in [7, 11) is 0. The molecule has 0 unspecified atom stereocenters. The van der Waals surface area contributed by atoms with Crippen molar-refractivity contribution in [2.24, 2.45) is 0 Å². The summed E-state index contributed by atoms with van der Waals surface area (Å²) in [5.41, 5.74) is 2.85. The number of carbonyl (C=O) groups is 1. The first kappa shape index (κ1) is 20.0. The van der Waals surface area contributed by atoms with Gasteiger partial charge in [0.2, 0.25) is 5.91 Å². The fourth-order valence-electron chi connectivity index (χ4n) is 3.51. The molecule has 3 aromatic rings. The van der Waals surface area contributed by atoms with E-state index >= 15 is 0 Å². The molecule has 5 nitrogen and oxygen atoms in total. The molecule has 7 heteroatoms. The van der Waals surface area contributed by atoms with Crippen LogP contribution in [0.1, 0.15) is 24.8 Å². The molecular weight excluding hydrogens is 404 g/mol. The predicted octanol–water partition coefficient (Wildman–Crippen LogP) is 5.00. The quantitative estimate of drug-likeness (QED) is 0.538. The minimum atomic E-state index is 0.159. The van der Waals surface area contributed by atoms with Crippen molar-refractivity contribution in [3.05, 3.63) is 59.1 Å². The Labute approximate surface area is 180 Å². The Balaban J connectivity index is 1.65. The first-order chi connectivity index (χ1) is 14.1. The Morgan fingerprint density at radius 1 is 1.07 bits per heavy atom. The lowest BCUT2D eigenvalue weighted by Crippen LogP contribution is -2.36. The summed E-state index contributed by atoms with van der Waals surface area (Å²) < 4.78 is 1.98. The molecule has 0 radical (unpaired) electrons. The van der Waals surface area contributed by atoms with Gasteiger partial charge in [0.1, 0.15) is 0 Å². The van der Waals surface area contributed by atoms with Gasteiger partial charge in [-0.15, -0.1) is 10.2 Å². The number of benzene rings is 2. The summed E-state index contributed by atoms with van der Waals surface area (Å²) in [6.45, 7) is 3.72. The van der Waals surface area contributed by atoms with Crippen LogP contribution in [0.25, 0.3) is 17.1 Å². The van der Waals surface area contributed by atoms with Gasteiger partial charge < -0.3 is 4.90 Å². The number of hydrogen-bond acceptors (Lipinski definition) is 4. The molecule has 2 heterocycles. The number of likely N-dealkylation sites (tertiary alicyclic amines) is 1. The van der Waals surface area contributed by atoms with Crippen molar-refractivity contribution in [1.29, 1.82) is 0 Å². The summed E-state index contributed by atoms with van der Waals surface area (Å²) in [6, 6.07) is 15.8. The third-order valence-electron chi connectivity index (χ3n) is 5.05. The minimum absolute atomic E-state index is 0.159. The highest BCUT2D eigenvalue weighted by Crippen LogP contribution is 2.32. The van der Waals surface area contributed by atoms with Crippen LogP contribution in [0.5, 0.6) is 0 Å². The van der Waals surface area contributed by atoms with E-state index in [1.807, 2.05) is 64.9 Å². The lowest BCUT2D eigenvalue weighted by molar-refractivity contribution is -0.129. The van der Waals surface area contributed by atoms with Crippen LogP contribution in [-0.4, -0.2) is 44.4 Å². The molecule has 150 valence electrons. The Bertz CT molecular complexity index is 999. The molecule has 0 atom stereocenters. The highest BCUT2D eigenvalue weighted by atomic mass is 35.5. The molecule has 1 fully saturated rings. The van der Waals surface area contributed by atoms with Crippen LogP contribution >= 0.6 is 23.4 Å². The molecule has 0 bridgehead atoms. The number of para-hydroxylation sites is 1. The third-order valence-corrected chi connectivity index (χ3v) is 6.27. The van der Waals surface area contributed by atoms with Crippen LogP contribution in [-0.2, 0) is 4.79 Å². The number of carbonyl (C=O) groups excluding carboxylic acids is 1. The van der Waals surface area contributed by atoms with Crippen molar-refractivity contribution in [3.8, 4) is 17.1 Å². The Morgan fingerprint density at radius 3 is 2.55 bits per heavy atom. The number of halogens is 1. The third kappa shape index (κ3) is 4.49. The first-order valence-electron chi connectivity index (χ1n) is 9.81. The van der Waals surface area contributed by atoms with E-state index < -0.39 is 0 Å². The highest BCUT2D eigenvalue weighted by Gasteiger charge is 2.21. The monoisotopic (exact) mass is 426 g/mol. The van der Waals surface area contributed by atoms with E-state index in [9.17, 15) is 4.79 Å². The molecule has 0 spiro atoms. The molecule has 2 aromatic carbocycles.